The molecule has 0 N–H and O–H groups in total. The summed E-state index contributed by atoms with van der Waals surface area (Å²) in [5.41, 5.74) is 1.15. The van der Waals surface area contributed by atoms with Gasteiger partial charge in [-0.3, -0.25) is 4.79 Å². The number of Topliss-reactive ketones (excluding diaryl/α,β-unsaturated/α-hetero) is 1. The minimum absolute atomic E-state index is 0.207. The van der Waals surface area contributed by atoms with Crippen molar-refractivity contribution in [1.29, 1.82) is 0 Å². The van der Waals surface area contributed by atoms with E-state index in [4.69, 9.17) is 0 Å². The van der Waals surface area contributed by atoms with Gasteiger partial charge in [-0.15, -0.1) is 0 Å². The van der Waals surface area contributed by atoms with Crippen molar-refractivity contribution in [2.75, 3.05) is 0 Å². The highest BCUT2D eigenvalue weighted by Crippen LogP contribution is 2.27. The molecule has 0 saturated carbocycles. The van der Waals surface area contributed by atoms with Gasteiger partial charge >= 0.3 is 0 Å². The first kappa shape index (κ1) is 15.3. The van der Waals surface area contributed by atoms with Crippen molar-refractivity contribution in [2.24, 2.45) is 0 Å². The largest absolute Gasteiger partial charge is 0.294 e. The average molecular weight is 404 g/mol. The summed E-state index contributed by atoms with van der Waals surface area (Å²) < 4.78 is 28.5. The molecular formula is C15H10Br2F2O. The van der Waals surface area contributed by atoms with Crippen LogP contribution in [0.5, 0.6) is 0 Å². The summed E-state index contributed by atoms with van der Waals surface area (Å²) in [6.45, 7) is 1.89. The number of benzene rings is 2. The number of halogens is 4. The zero-order chi connectivity index (χ0) is 14.9. The maximum Gasteiger partial charge on any atom is 0.168 e. The van der Waals surface area contributed by atoms with Crippen LogP contribution < -0.4 is 0 Å². The molecular weight excluding hydrogens is 394 g/mol. The first-order valence-electron chi connectivity index (χ1n) is 5.82. The standard InChI is InChI=1S/C15H10Br2F2O/c1-8-5-12(17)9(6-11(8)16)15(20)7-10-13(18)3-2-4-14(10)19/h2-6H,7H2,1H3. The van der Waals surface area contributed by atoms with E-state index in [1.165, 1.54) is 6.07 Å². The van der Waals surface area contributed by atoms with E-state index in [-0.39, 0.29) is 17.8 Å². The smallest absolute Gasteiger partial charge is 0.168 e. The van der Waals surface area contributed by atoms with Gasteiger partial charge in [0.2, 0.25) is 0 Å². The molecule has 0 radical (unpaired) electrons. The Labute approximate surface area is 132 Å². The Morgan fingerprint density at radius 2 is 1.70 bits per heavy atom. The van der Waals surface area contributed by atoms with E-state index in [0.717, 1.165) is 22.2 Å². The van der Waals surface area contributed by atoms with E-state index in [9.17, 15) is 13.6 Å². The lowest BCUT2D eigenvalue weighted by Gasteiger charge is -2.08. The topological polar surface area (TPSA) is 17.1 Å². The zero-order valence-corrected chi connectivity index (χ0v) is 13.7. The van der Waals surface area contributed by atoms with Gasteiger partial charge in [0.25, 0.3) is 0 Å². The third-order valence-electron chi connectivity index (χ3n) is 2.95. The first-order valence-corrected chi connectivity index (χ1v) is 7.40. The van der Waals surface area contributed by atoms with E-state index in [2.05, 4.69) is 31.9 Å². The van der Waals surface area contributed by atoms with Gasteiger partial charge in [0.15, 0.2) is 5.78 Å². The second kappa shape index (κ2) is 6.14. The summed E-state index contributed by atoms with van der Waals surface area (Å²) in [6.07, 6.45) is -0.313. The molecule has 0 unspecified atom stereocenters. The van der Waals surface area contributed by atoms with Crippen LogP contribution in [0, 0.1) is 18.6 Å². The lowest BCUT2D eigenvalue weighted by Crippen LogP contribution is -2.08. The Kier molecular flexibility index (Phi) is 4.70. The van der Waals surface area contributed by atoms with Crippen LogP contribution in [0.4, 0.5) is 8.78 Å². The van der Waals surface area contributed by atoms with Gasteiger partial charge in [0, 0.05) is 26.5 Å². The van der Waals surface area contributed by atoms with Crippen LogP contribution in [-0.2, 0) is 6.42 Å². The van der Waals surface area contributed by atoms with Crippen LogP contribution in [-0.4, -0.2) is 5.78 Å². The SMILES string of the molecule is Cc1cc(Br)c(C(=O)Cc2c(F)cccc2F)cc1Br. The monoisotopic (exact) mass is 402 g/mol. The molecule has 104 valence electrons. The molecule has 0 atom stereocenters. The van der Waals surface area contributed by atoms with Gasteiger partial charge in [0.1, 0.15) is 11.6 Å². The first-order chi connectivity index (χ1) is 9.40. The molecule has 0 aliphatic rings. The van der Waals surface area contributed by atoms with Crippen molar-refractivity contribution in [3.05, 3.63) is 67.6 Å². The molecule has 1 nitrogen and oxygen atoms in total. The lowest BCUT2D eigenvalue weighted by atomic mass is 10.0. The predicted octanol–water partition coefficient (Wildman–Crippen LogP) is 5.22. The number of ketones is 1. The molecule has 2 aromatic rings. The van der Waals surface area contributed by atoms with Crippen LogP contribution >= 0.6 is 31.9 Å². The van der Waals surface area contributed by atoms with Crippen molar-refractivity contribution in [1.82, 2.24) is 0 Å². The van der Waals surface area contributed by atoms with Gasteiger partial charge in [-0.05, 0) is 36.8 Å². The molecule has 2 aromatic carbocycles. The number of aryl methyl sites for hydroxylation is 1. The summed E-state index contributed by atoms with van der Waals surface area (Å²) >= 11 is 6.64. The molecule has 0 bridgehead atoms. The fraction of sp³-hybridized carbons (Fsp3) is 0.133. The normalized spacial score (nSPS) is 10.7. The lowest BCUT2D eigenvalue weighted by molar-refractivity contribution is 0.0989. The molecule has 0 amide bonds. The molecule has 0 heterocycles. The van der Waals surface area contributed by atoms with Crippen molar-refractivity contribution >= 4 is 37.6 Å². The molecule has 20 heavy (non-hydrogen) atoms. The van der Waals surface area contributed by atoms with E-state index < -0.39 is 11.6 Å². The number of carbonyl (C=O) groups is 1. The highest BCUT2D eigenvalue weighted by molar-refractivity contribution is 9.11. The molecule has 2 rings (SSSR count). The van der Waals surface area contributed by atoms with Crippen molar-refractivity contribution < 1.29 is 13.6 Å². The van der Waals surface area contributed by atoms with E-state index in [0.29, 0.717) is 10.0 Å². The van der Waals surface area contributed by atoms with E-state index in [1.54, 1.807) is 12.1 Å². The Hall–Kier alpha value is -1.07. The number of carbonyl (C=O) groups excluding carboxylic acids is 1. The van der Waals surface area contributed by atoms with Crippen LogP contribution in [0.1, 0.15) is 21.5 Å². The Morgan fingerprint density at radius 1 is 1.10 bits per heavy atom. The number of hydrogen-bond donors (Lipinski definition) is 0. The third kappa shape index (κ3) is 3.15. The van der Waals surface area contributed by atoms with Gasteiger partial charge in [0.05, 0.1) is 0 Å². The summed E-state index contributed by atoms with van der Waals surface area (Å²) in [7, 11) is 0. The van der Waals surface area contributed by atoms with E-state index >= 15 is 0 Å². The minimum atomic E-state index is -0.708. The van der Waals surface area contributed by atoms with Crippen LogP contribution in [0.15, 0.2) is 39.3 Å². The zero-order valence-electron chi connectivity index (χ0n) is 10.5. The van der Waals surface area contributed by atoms with Gasteiger partial charge in [-0.2, -0.15) is 0 Å². The molecule has 0 fully saturated rings. The summed E-state index contributed by atoms with van der Waals surface area (Å²) in [4.78, 5) is 12.2. The van der Waals surface area contributed by atoms with Crippen LogP contribution in [0.2, 0.25) is 0 Å². The second-order valence-electron chi connectivity index (χ2n) is 4.38. The predicted molar refractivity (Wildman–Crippen MR) is 81.0 cm³/mol. The fourth-order valence-electron chi connectivity index (χ4n) is 1.82. The van der Waals surface area contributed by atoms with Crippen molar-refractivity contribution in [2.45, 2.75) is 13.3 Å². The highest BCUT2D eigenvalue weighted by atomic mass is 79.9. The number of rotatable bonds is 3. The molecule has 0 saturated heterocycles. The molecule has 0 spiro atoms. The fourth-order valence-corrected chi connectivity index (χ4v) is 2.84. The average Bonchev–Trinajstić information content (AvgIpc) is 2.38. The Balaban J connectivity index is 2.36. The van der Waals surface area contributed by atoms with Gasteiger partial charge in [-0.25, -0.2) is 8.78 Å². The maximum atomic E-state index is 13.6. The quantitative estimate of drug-likeness (QED) is 0.641. The summed E-state index contributed by atoms with van der Waals surface area (Å²) in [5, 5.41) is 0. The highest BCUT2D eigenvalue weighted by Gasteiger charge is 2.17. The molecule has 0 aliphatic carbocycles. The van der Waals surface area contributed by atoms with Crippen LogP contribution in [0.25, 0.3) is 0 Å². The molecule has 5 heteroatoms. The minimum Gasteiger partial charge on any atom is -0.294 e. The van der Waals surface area contributed by atoms with Crippen LogP contribution in [0.3, 0.4) is 0 Å². The molecule has 0 aliphatic heterocycles. The van der Waals surface area contributed by atoms with Gasteiger partial charge in [-0.1, -0.05) is 37.9 Å². The summed E-state index contributed by atoms with van der Waals surface area (Å²) in [5.74, 6) is -1.76. The third-order valence-corrected chi connectivity index (χ3v) is 4.46. The van der Waals surface area contributed by atoms with Crippen molar-refractivity contribution in [3.8, 4) is 0 Å². The van der Waals surface area contributed by atoms with Crippen molar-refractivity contribution in [3.63, 3.8) is 0 Å². The summed E-state index contributed by atoms with van der Waals surface area (Å²) in [6, 6.07) is 7.00. The van der Waals surface area contributed by atoms with Gasteiger partial charge < -0.3 is 0 Å². The van der Waals surface area contributed by atoms with E-state index in [1.807, 2.05) is 6.92 Å². The Bertz CT molecular complexity index is 664. The number of hydrogen-bond acceptors (Lipinski definition) is 1. The molecule has 0 aromatic heterocycles. The second-order valence-corrected chi connectivity index (χ2v) is 6.09. The Morgan fingerprint density at radius 3 is 2.30 bits per heavy atom. The maximum absolute atomic E-state index is 13.6.